The van der Waals surface area contributed by atoms with E-state index in [0.29, 0.717) is 10.6 Å². The minimum absolute atomic E-state index is 0.356. The molecule has 0 saturated carbocycles. The van der Waals surface area contributed by atoms with Crippen LogP contribution in [0.15, 0.2) is 29.6 Å². The Balaban J connectivity index is 2.41. The zero-order valence-corrected chi connectivity index (χ0v) is 10.3. The molecule has 0 spiro atoms. The number of hydrogen-bond acceptors (Lipinski definition) is 2. The Morgan fingerprint density at radius 2 is 2.06 bits per heavy atom. The van der Waals surface area contributed by atoms with E-state index in [0.717, 1.165) is 10.4 Å². The van der Waals surface area contributed by atoms with Gasteiger partial charge in [-0.3, -0.25) is 0 Å². The van der Waals surface area contributed by atoms with Crippen molar-refractivity contribution in [2.45, 2.75) is 13.0 Å². The lowest BCUT2D eigenvalue weighted by atomic mass is 10.00. The van der Waals surface area contributed by atoms with E-state index in [-0.39, 0.29) is 5.82 Å². The third-order valence-electron chi connectivity index (χ3n) is 2.53. The van der Waals surface area contributed by atoms with Crippen molar-refractivity contribution in [1.29, 1.82) is 0 Å². The zero-order valence-electron chi connectivity index (χ0n) is 8.71. The van der Waals surface area contributed by atoms with Crippen LogP contribution in [0.4, 0.5) is 4.39 Å². The van der Waals surface area contributed by atoms with Gasteiger partial charge in [0.05, 0.1) is 6.04 Å². The SMILES string of the molecule is Cc1sccc1C(N)c1ccc(Cl)cc1F. The molecular formula is C12H11ClFNS. The van der Waals surface area contributed by atoms with Crippen molar-refractivity contribution < 1.29 is 4.39 Å². The molecule has 0 aliphatic rings. The van der Waals surface area contributed by atoms with Crippen molar-refractivity contribution in [2.24, 2.45) is 5.73 Å². The van der Waals surface area contributed by atoms with E-state index in [1.54, 1.807) is 23.5 Å². The first-order valence-electron chi connectivity index (χ1n) is 4.84. The van der Waals surface area contributed by atoms with E-state index in [4.69, 9.17) is 17.3 Å². The summed E-state index contributed by atoms with van der Waals surface area (Å²) in [7, 11) is 0. The first-order valence-corrected chi connectivity index (χ1v) is 6.10. The Kier molecular flexibility index (Phi) is 3.28. The first kappa shape index (κ1) is 11.6. The van der Waals surface area contributed by atoms with Crippen LogP contribution in [-0.2, 0) is 0 Å². The zero-order chi connectivity index (χ0) is 11.7. The summed E-state index contributed by atoms with van der Waals surface area (Å²) >= 11 is 7.31. The molecule has 0 fully saturated rings. The largest absolute Gasteiger partial charge is 0.320 e. The topological polar surface area (TPSA) is 26.0 Å². The molecule has 0 aliphatic carbocycles. The maximum atomic E-state index is 13.7. The van der Waals surface area contributed by atoms with Gasteiger partial charge in [0.2, 0.25) is 0 Å². The summed E-state index contributed by atoms with van der Waals surface area (Å²) in [6.07, 6.45) is 0. The number of hydrogen-bond donors (Lipinski definition) is 1. The number of rotatable bonds is 2. The van der Waals surface area contributed by atoms with Crippen molar-refractivity contribution in [3.05, 3.63) is 56.5 Å². The van der Waals surface area contributed by atoms with Crippen LogP contribution in [0.5, 0.6) is 0 Å². The monoisotopic (exact) mass is 255 g/mol. The van der Waals surface area contributed by atoms with Crippen LogP contribution in [-0.4, -0.2) is 0 Å². The minimum Gasteiger partial charge on any atom is -0.320 e. The highest BCUT2D eigenvalue weighted by molar-refractivity contribution is 7.10. The van der Waals surface area contributed by atoms with Gasteiger partial charge in [-0.2, -0.15) is 0 Å². The average Bonchev–Trinajstić information content (AvgIpc) is 2.63. The summed E-state index contributed by atoms with van der Waals surface area (Å²) in [4.78, 5) is 1.11. The van der Waals surface area contributed by atoms with E-state index < -0.39 is 6.04 Å². The molecule has 0 saturated heterocycles. The lowest BCUT2D eigenvalue weighted by molar-refractivity contribution is 0.599. The molecule has 2 rings (SSSR count). The Labute approximate surface area is 103 Å². The van der Waals surface area contributed by atoms with Crippen molar-refractivity contribution in [3.63, 3.8) is 0 Å². The van der Waals surface area contributed by atoms with Gasteiger partial charge in [-0.05, 0) is 36.1 Å². The highest BCUT2D eigenvalue weighted by Crippen LogP contribution is 2.28. The lowest BCUT2D eigenvalue weighted by Gasteiger charge is -2.13. The van der Waals surface area contributed by atoms with Crippen molar-refractivity contribution in [3.8, 4) is 0 Å². The van der Waals surface area contributed by atoms with Crippen LogP contribution in [0.2, 0.25) is 5.02 Å². The molecule has 16 heavy (non-hydrogen) atoms. The Morgan fingerprint density at radius 3 is 2.62 bits per heavy atom. The van der Waals surface area contributed by atoms with E-state index in [9.17, 15) is 4.39 Å². The Bertz CT molecular complexity index is 509. The number of aryl methyl sites for hydroxylation is 1. The predicted octanol–water partition coefficient (Wildman–Crippen LogP) is 3.90. The normalized spacial score (nSPS) is 12.8. The van der Waals surface area contributed by atoms with Crippen LogP contribution in [0, 0.1) is 12.7 Å². The second kappa shape index (κ2) is 4.53. The summed E-state index contributed by atoms with van der Waals surface area (Å²) in [5, 5.41) is 2.34. The van der Waals surface area contributed by atoms with Crippen molar-refractivity contribution in [1.82, 2.24) is 0 Å². The van der Waals surface area contributed by atoms with Crippen LogP contribution < -0.4 is 5.73 Å². The van der Waals surface area contributed by atoms with E-state index in [2.05, 4.69) is 0 Å². The van der Waals surface area contributed by atoms with Gasteiger partial charge in [-0.15, -0.1) is 11.3 Å². The van der Waals surface area contributed by atoms with Gasteiger partial charge in [0.1, 0.15) is 5.82 Å². The van der Waals surface area contributed by atoms with Crippen LogP contribution in [0.3, 0.4) is 0 Å². The molecule has 84 valence electrons. The fraction of sp³-hybridized carbons (Fsp3) is 0.167. The summed E-state index contributed by atoms with van der Waals surface area (Å²) in [5.74, 6) is -0.356. The molecule has 0 bridgehead atoms. The fourth-order valence-electron chi connectivity index (χ4n) is 1.64. The smallest absolute Gasteiger partial charge is 0.129 e. The second-order valence-corrected chi connectivity index (χ2v) is 5.13. The molecule has 1 aromatic heterocycles. The molecule has 4 heteroatoms. The second-order valence-electron chi connectivity index (χ2n) is 3.58. The predicted molar refractivity (Wildman–Crippen MR) is 66.5 cm³/mol. The maximum absolute atomic E-state index is 13.7. The molecule has 1 aromatic carbocycles. The van der Waals surface area contributed by atoms with Gasteiger partial charge in [-0.1, -0.05) is 17.7 Å². The van der Waals surface area contributed by atoms with Gasteiger partial charge >= 0.3 is 0 Å². The lowest BCUT2D eigenvalue weighted by Crippen LogP contribution is -2.13. The fourth-order valence-corrected chi connectivity index (χ4v) is 2.55. The minimum atomic E-state index is -0.427. The summed E-state index contributed by atoms with van der Waals surface area (Å²) in [5.41, 5.74) is 7.48. The molecule has 0 radical (unpaired) electrons. The quantitative estimate of drug-likeness (QED) is 0.866. The molecule has 0 aliphatic heterocycles. The van der Waals surface area contributed by atoms with Crippen molar-refractivity contribution in [2.75, 3.05) is 0 Å². The van der Waals surface area contributed by atoms with Crippen LogP contribution >= 0.6 is 22.9 Å². The number of thiophene rings is 1. The molecule has 2 N–H and O–H groups in total. The summed E-state index contributed by atoms with van der Waals surface area (Å²) in [6, 6.07) is 6.08. The Hall–Kier alpha value is -0.900. The van der Waals surface area contributed by atoms with Gasteiger partial charge in [0.25, 0.3) is 0 Å². The molecule has 0 amide bonds. The van der Waals surface area contributed by atoms with Crippen LogP contribution in [0.25, 0.3) is 0 Å². The third kappa shape index (κ3) is 2.12. The van der Waals surface area contributed by atoms with Gasteiger partial charge in [0, 0.05) is 15.5 Å². The average molecular weight is 256 g/mol. The molecule has 1 atom stereocenters. The Morgan fingerprint density at radius 1 is 1.31 bits per heavy atom. The first-order chi connectivity index (χ1) is 7.59. The third-order valence-corrected chi connectivity index (χ3v) is 3.63. The van der Waals surface area contributed by atoms with E-state index >= 15 is 0 Å². The van der Waals surface area contributed by atoms with Gasteiger partial charge in [0.15, 0.2) is 0 Å². The molecule has 1 unspecified atom stereocenters. The molecule has 2 aromatic rings. The van der Waals surface area contributed by atoms with Crippen molar-refractivity contribution >= 4 is 22.9 Å². The standard InChI is InChI=1S/C12H11ClFNS/c1-7-9(4-5-16-7)12(15)10-3-2-8(13)6-11(10)14/h2-6,12H,15H2,1H3. The number of nitrogens with two attached hydrogens (primary N) is 1. The van der Waals surface area contributed by atoms with Crippen LogP contribution in [0.1, 0.15) is 22.0 Å². The number of halogens is 2. The van der Waals surface area contributed by atoms with Gasteiger partial charge in [-0.25, -0.2) is 4.39 Å². The summed E-state index contributed by atoms with van der Waals surface area (Å²) < 4.78 is 13.7. The summed E-state index contributed by atoms with van der Waals surface area (Å²) in [6.45, 7) is 1.98. The molecule has 1 heterocycles. The number of benzene rings is 1. The van der Waals surface area contributed by atoms with E-state index in [1.807, 2.05) is 18.4 Å². The highest BCUT2D eigenvalue weighted by atomic mass is 35.5. The van der Waals surface area contributed by atoms with Gasteiger partial charge < -0.3 is 5.73 Å². The maximum Gasteiger partial charge on any atom is 0.129 e. The molecular weight excluding hydrogens is 245 g/mol. The molecule has 1 nitrogen and oxygen atoms in total. The van der Waals surface area contributed by atoms with E-state index in [1.165, 1.54) is 6.07 Å². The highest BCUT2D eigenvalue weighted by Gasteiger charge is 2.16.